The molecule has 0 unspecified atom stereocenters. The SMILES string of the molecule is CCCC[C@@]1(O)[C@H](O)[C@@H](CO)O[C@]1(n1ccc(=O)[nH]c1=O)[Si](C)C. The Bertz CT molecular complexity index is 689. The first-order valence-electron chi connectivity index (χ1n) is 8.06. The smallest absolute Gasteiger partial charge is 0.330 e. The second kappa shape index (κ2) is 6.93. The predicted octanol–water partition coefficient (Wildman–Crippen LogP) is -0.844. The van der Waals surface area contributed by atoms with E-state index in [1.54, 1.807) is 0 Å². The summed E-state index contributed by atoms with van der Waals surface area (Å²) in [6.45, 7) is 5.18. The zero-order valence-corrected chi connectivity index (χ0v) is 15.2. The highest BCUT2D eigenvalue weighted by Gasteiger charge is 2.67. The van der Waals surface area contributed by atoms with Crippen LogP contribution in [0, 0.1) is 0 Å². The van der Waals surface area contributed by atoms with Crippen LogP contribution >= 0.6 is 0 Å². The van der Waals surface area contributed by atoms with Crippen LogP contribution in [0.3, 0.4) is 0 Å². The van der Waals surface area contributed by atoms with Crippen LogP contribution in [0.15, 0.2) is 21.9 Å². The van der Waals surface area contributed by atoms with Crippen molar-refractivity contribution >= 4 is 8.80 Å². The van der Waals surface area contributed by atoms with Crippen molar-refractivity contribution in [3.8, 4) is 0 Å². The number of aliphatic hydroxyl groups excluding tert-OH is 2. The summed E-state index contributed by atoms with van der Waals surface area (Å²) in [7, 11) is -1.57. The van der Waals surface area contributed by atoms with E-state index in [1.807, 2.05) is 20.0 Å². The van der Waals surface area contributed by atoms with Crippen molar-refractivity contribution in [2.75, 3.05) is 6.61 Å². The van der Waals surface area contributed by atoms with Crippen molar-refractivity contribution in [3.63, 3.8) is 0 Å². The van der Waals surface area contributed by atoms with Gasteiger partial charge in [-0.3, -0.25) is 14.3 Å². The minimum Gasteiger partial charge on any atom is -0.394 e. The lowest BCUT2D eigenvalue weighted by Gasteiger charge is -2.45. The summed E-state index contributed by atoms with van der Waals surface area (Å²) in [4.78, 5) is 26.0. The number of aromatic amines is 1. The molecule has 135 valence electrons. The van der Waals surface area contributed by atoms with Crippen LogP contribution in [-0.2, 0) is 10.1 Å². The van der Waals surface area contributed by atoms with Gasteiger partial charge >= 0.3 is 5.69 Å². The fourth-order valence-corrected chi connectivity index (χ4v) is 5.70. The van der Waals surface area contributed by atoms with Gasteiger partial charge in [-0.2, -0.15) is 0 Å². The van der Waals surface area contributed by atoms with Gasteiger partial charge in [-0.05, 0) is 6.42 Å². The van der Waals surface area contributed by atoms with Crippen LogP contribution in [0.25, 0.3) is 0 Å². The molecule has 24 heavy (non-hydrogen) atoms. The van der Waals surface area contributed by atoms with Crippen molar-refractivity contribution < 1.29 is 20.1 Å². The summed E-state index contributed by atoms with van der Waals surface area (Å²) in [5.41, 5.74) is -3.01. The molecule has 1 aliphatic heterocycles. The molecule has 1 radical (unpaired) electrons. The molecule has 0 aromatic carbocycles. The Morgan fingerprint density at radius 2 is 2.08 bits per heavy atom. The molecule has 1 saturated heterocycles. The Hall–Kier alpha value is -1.26. The molecule has 1 aromatic rings. The molecule has 0 aliphatic carbocycles. The van der Waals surface area contributed by atoms with E-state index >= 15 is 0 Å². The molecular weight excluding hydrogens is 332 g/mol. The number of aromatic nitrogens is 2. The van der Waals surface area contributed by atoms with Crippen molar-refractivity contribution in [2.45, 2.75) is 62.4 Å². The van der Waals surface area contributed by atoms with Crippen LogP contribution in [-0.4, -0.2) is 58.1 Å². The van der Waals surface area contributed by atoms with Crippen LogP contribution in [0.4, 0.5) is 0 Å². The van der Waals surface area contributed by atoms with Gasteiger partial charge < -0.3 is 20.1 Å². The lowest BCUT2D eigenvalue weighted by atomic mass is 9.88. The number of hydrogen-bond acceptors (Lipinski definition) is 6. The van der Waals surface area contributed by atoms with Gasteiger partial charge in [0.15, 0.2) is 5.35 Å². The van der Waals surface area contributed by atoms with Gasteiger partial charge in [-0.25, -0.2) is 4.79 Å². The fourth-order valence-electron chi connectivity index (χ4n) is 3.52. The molecule has 1 aliphatic rings. The van der Waals surface area contributed by atoms with Crippen molar-refractivity contribution in [1.82, 2.24) is 9.55 Å². The number of H-pyrrole nitrogens is 1. The lowest BCUT2D eigenvalue weighted by Crippen LogP contribution is -2.66. The first kappa shape index (κ1) is 19.1. The van der Waals surface area contributed by atoms with Gasteiger partial charge in [-0.15, -0.1) is 0 Å². The van der Waals surface area contributed by atoms with Crippen LogP contribution < -0.4 is 11.2 Å². The Balaban J connectivity index is 2.72. The highest BCUT2D eigenvalue weighted by atomic mass is 28.3. The number of hydrogen-bond donors (Lipinski definition) is 4. The van der Waals surface area contributed by atoms with Crippen molar-refractivity contribution in [3.05, 3.63) is 33.1 Å². The third-order valence-electron chi connectivity index (χ3n) is 4.68. The van der Waals surface area contributed by atoms with E-state index in [0.717, 1.165) is 11.0 Å². The zero-order chi connectivity index (χ0) is 18.1. The van der Waals surface area contributed by atoms with Crippen molar-refractivity contribution in [1.29, 1.82) is 0 Å². The molecule has 0 spiro atoms. The van der Waals surface area contributed by atoms with Crippen molar-refractivity contribution in [2.24, 2.45) is 0 Å². The summed E-state index contributed by atoms with van der Waals surface area (Å²) in [5.74, 6) is 0. The van der Waals surface area contributed by atoms with Crippen LogP contribution in [0.5, 0.6) is 0 Å². The normalized spacial score (nSPS) is 33.3. The van der Waals surface area contributed by atoms with E-state index in [4.69, 9.17) is 4.74 Å². The van der Waals surface area contributed by atoms with E-state index in [9.17, 15) is 24.9 Å². The van der Waals surface area contributed by atoms with Gasteiger partial charge in [0.1, 0.15) is 26.6 Å². The van der Waals surface area contributed by atoms with Gasteiger partial charge in [0.25, 0.3) is 5.56 Å². The van der Waals surface area contributed by atoms with Gasteiger partial charge in [0.2, 0.25) is 0 Å². The van der Waals surface area contributed by atoms with E-state index < -0.39 is 49.8 Å². The molecule has 2 heterocycles. The molecule has 8 nitrogen and oxygen atoms in total. The molecular formula is C15H25N2O6Si. The largest absolute Gasteiger partial charge is 0.394 e. The summed E-state index contributed by atoms with van der Waals surface area (Å²) in [5, 5.41) is 30.1. The van der Waals surface area contributed by atoms with Gasteiger partial charge in [-0.1, -0.05) is 32.9 Å². The topological polar surface area (TPSA) is 125 Å². The lowest BCUT2D eigenvalue weighted by molar-refractivity contribution is -0.151. The zero-order valence-electron chi connectivity index (χ0n) is 14.2. The molecule has 2 rings (SSSR count). The molecule has 1 aromatic heterocycles. The second-order valence-electron chi connectivity index (χ2n) is 6.44. The molecule has 9 heteroatoms. The average Bonchev–Trinajstić information content (AvgIpc) is 2.75. The Labute approximate surface area is 141 Å². The fraction of sp³-hybridized carbons (Fsp3) is 0.733. The number of nitrogens with zero attached hydrogens (tertiary/aromatic N) is 1. The summed E-state index contributed by atoms with van der Waals surface area (Å²) in [6, 6.07) is 1.18. The Morgan fingerprint density at radius 3 is 2.58 bits per heavy atom. The van der Waals surface area contributed by atoms with E-state index in [2.05, 4.69) is 4.98 Å². The maximum Gasteiger partial charge on any atom is 0.330 e. The minimum absolute atomic E-state index is 0.211. The minimum atomic E-state index is -1.74. The predicted molar refractivity (Wildman–Crippen MR) is 89.2 cm³/mol. The summed E-state index contributed by atoms with van der Waals surface area (Å²) >= 11 is 0. The van der Waals surface area contributed by atoms with Crippen LogP contribution in [0.2, 0.25) is 13.1 Å². The highest BCUT2D eigenvalue weighted by Crippen LogP contribution is 2.47. The van der Waals surface area contributed by atoms with E-state index in [-0.39, 0.29) is 6.42 Å². The monoisotopic (exact) mass is 357 g/mol. The van der Waals surface area contributed by atoms with E-state index in [1.165, 1.54) is 12.3 Å². The second-order valence-corrected chi connectivity index (χ2v) is 9.11. The first-order chi connectivity index (χ1) is 11.2. The van der Waals surface area contributed by atoms with E-state index in [0.29, 0.717) is 6.42 Å². The third kappa shape index (κ3) is 2.70. The average molecular weight is 357 g/mol. The summed E-state index contributed by atoms with van der Waals surface area (Å²) < 4.78 is 7.09. The standard InChI is InChI=1S/C15H25N2O6Si/c1-4-5-7-14(22)12(20)10(9-18)23-15(14,24(2)3)17-8-6-11(19)16-13(17)21/h6,8,10,12,18,20,22H,4-5,7,9H2,1-3H3,(H,16,19,21)/t10-,12-,14-,15+/m1/s1. The maximum absolute atomic E-state index is 12.4. The molecule has 4 atom stereocenters. The number of aliphatic hydroxyl groups is 3. The number of ether oxygens (including phenoxy) is 1. The first-order valence-corrected chi connectivity index (χ1v) is 10.6. The molecule has 0 bridgehead atoms. The maximum atomic E-state index is 12.4. The third-order valence-corrected chi connectivity index (χ3v) is 6.83. The van der Waals surface area contributed by atoms with Gasteiger partial charge in [0.05, 0.1) is 6.61 Å². The highest BCUT2D eigenvalue weighted by molar-refractivity contribution is 6.58. The Morgan fingerprint density at radius 1 is 1.42 bits per heavy atom. The summed E-state index contributed by atoms with van der Waals surface area (Å²) in [6.07, 6.45) is 0.540. The molecule has 0 saturated carbocycles. The molecule has 0 amide bonds. The number of rotatable bonds is 6. The number of nitrogens with one attached hydrogen (secondary N) is 1. The number of unbranched alkanes of at least 4 members (excludes halogenated alkanes) is 1. The quantitative estimate of drug-likeness (QED) is 0.492. The van der Waals surface area contributed by atoms with Gasteiger partial charge in [0, 0.05) is 12.3 Å². The molecule has 1 fully saturated rings. The Kier molecular flexibility index (Phi) is 5.50. The molecule has 4 N–H and O–H groups in total. The van der Waals surface area contributed by atoms with Crippen LogP contribution in [0.1, 0.15) is 26.2 Å².